The van der Waals surface area contributed by atoms with Gasteiger partial charge in [-0.05, 0) is 46.3 Å². The fourth-order valence-electron chi connectivity index (χ4n) is 2.74. The third-order valence-corrected chi connectivity index (χ3v) is 3.97. The number of anilines is 1. The Labute approximate surface area is 119 Å². The monoisotopic (exact) mass is 278 g/mol. The summed E-state index contributed by atoms with van der Waals surface area (Å²) >= 11 is 0. The Balaban J connectivity index is 2.46. The molecule has 0 aliphatic carbocycles. The highest BCUT2D eigenvalue weighted by Gasteiger charge is 2.27. The summed E-state index contributed by atoms with van der Waals surface area (Å²) in [4.78, 5) is 15.9. The van der Waals surface area contributed by atoms with Gasteiger partial charge in [0.25, 0.3) is 0 Å². The lowest BCUT2D eigenvalue weighted by atomic mass is 10.1. The zero-order chi connectivity index (χ0) is 14.9. The number of aromatic carboxylic acids is 1. The maximum Gasteiger partial charge on any atom is 0.339 e. The highest BCUT2D eigenvalue weighted by Crippen LogP contribution is 2.25. The van der Waals surface area contributed by atoms with Gasteiger partial charge in [-0.2, -0.15) is 5.10 Å². The number of rotatable bonds is 2. The molecule has 1 saturated heterocycles. The first-order chi connectivity index (χ1) is 9.41. The topological polar surface area (TPSA) is 69.6 Å². The van der Waals surface area contributed by atoms with Crippen molar-refractivity contribution in [1.29, 1.82) is 0 Å². The predicted molar refractivity (Wildman–Crippen MR) is 77.4 cm³/mol. The summed E-state index contributed by atoms with van der Waals surface area (Å²) < 4.78 is 0. The Morgan fingerprint density at radius 2 is 2.00 bits per heavy atom. The van der Waals surface area contributed by atoms with E-state index in [-0.39, 0.29) is 11.6 Å². The molecule has 1 atom stereocenters. The zero-order valence-corrected chi connectivity index (χ0v) is 12.6. The molecule has 110 valence electrons. The quantitative estimate of drug-likeness (QED) is 0.880. The fourth-order valence-corrected chi connectivity index (χ4v) is 2.74. The van der Waals surface area contributed by atoms with E-state index >= 15 is 0 Å². The number of carbonyl (C=O) groups is 1. The van der Waals surface area contributed by atoms with Crippen molar-refractivity contribution in [2.45, 2.75) is 33.2 Å². The highest BCUT2D eigenvalue weighted by atomic mass is 16.4. The molecule has 2 rings (SSSR count). The fraction of sp³-hybridized carbons (Fsp3) is 0.643. The van der Waals surface area contributed by atoms with Gasteiger partial charge in [-0.25, -0.2) is 4.79 Å². The van der Waals surface area contributed by atoms with E-state index in [0.29, 0.717) is 17.1 Å². The van der Waals surface area contributed by atoms with Crippen molar-refractivity contribution < 1.29 is 9.90 Å². The molecule has 0 radical (unpaired) electrons. The van der Waals surface area contributed by atoms with E-state index in [4.69, 9.17) is 0 Å². The van der Waals surface area contributed by atoms with Crippen molar-refractivity contribution in [3.63, 3.8) is 0 Å². The van der Waals surface area contributed by atoms with Crippen LogP contribution in [0.2, 0.25) is 0 Å². The normalized spacial score (nSPS) is 20.8. The Morgan fingerprint density at radius 3 is 2.65 bits per heavy atom. The van der Waals surface area contributed by atoms with Crippen molar-refractivity contribution in [3.05, 3.63) is 16.8 Å². The second kappa shape index (κ2) is 5.75. The van der Waals surface area contributed by atoms with Gasteiger partial charge in [0.05, 0.1) is 5.69 Å². The lowest BCUT2D eigenvalue weighted by Crippen LogP contribution is -2.39. The zero-order valence-electron chi connectivity index (χ0n) is 12.6. The minimum atomic E-state index is -0.930. The molecule has 20 heavy (non-hydrogen) atoms. The number of carboxylic acids is 1. The molecule has 0 amide bonds. The second-order valence-corrected chi connectivity index (χ2v) is 5.57. The van der Waals surface area contributed by atoms with Gasteiger partial charge in [-0.3, -0.25) is 0 Å². The van der Waals surface area contributed by atoms with Gasteiger partial charge in [0.2, 0.25) is 0 Å². The molecular weight excluding hydrogens is 256 g/mol. The van der Waals surface area contributed by atoms with E-state index in [2.05, 4.69) is 34.0 Å². The lowest BCUT2D eigenvalue weighted by Gasteiger charge is -2.30. The van der Waals surface area contributed by atoms with Crippen LogP contribution in [0.4, 0.5) is 5.82 Å². The van der Waals surface area contributed by atoms with Crippen LogP contribution in [-0.2, 0) is 0 Å². The predicted octanol–water partition coefficient (Wildman–Crippen LogP) is 1.32. The van der Waals surface area contributed by atoms with E-state index in [1.54, 1.807) is 13.8 Å². The third kappa shape index (κ3) is 2.75. The SMILES string of the molecule is Cc1nnc(N2CCCN(C)CC2C)c(C(=O)O)c1C. The number of likely N-dealkylation sites (N-methyl/N-ethyl adjacent to an activating group) is 1. The minimum absolute atomic E-state index is 0.219. The summed E-state index contributed by atoms with van der Waals surface area (Å²) in [5.41, 5.74) is 1.66. The molecule has 0 bridgehead atoms. The van der Waals surface area contributed by atoms with Gasteiger partial charge in [-0.1, -0.05) is 0 Å². The second-order valence-electron chi connectivity index (χ2n) is 5.57. The molecule has 1 unspecified atom stereocenters. The van der Waals surface area contributed by atoms with Crippen LogP contribution in [0.25, 0.3) is 0 Å². The molecule has 0 saturated carbocycles. The molecule has 6 nitrogen and oxygen atoms in total. The van der Waals surface area contributed by atoms with Crippen LogP contribution in [0.1, 0.15) is 35.0 Å². The largest absolute Gasteiger partial charge is 0.478 e. The van der Waals surface area contributed by atoms with E-state index in [9.17, 15) is 9.90 Å². The van der Waals surface area contributed by atoms with Crippen LogP contribution in [0.5, 0.6) is 0 Å². The van der Waals surface area contributed by atoms with E-state index in [0.717, 1.165) is 26.1 Å². The van der Waals surface area contributed by atoms with Crippen molar-refractivity contribution in [2.75, 3.05) is 31.6 Å². The van der Waals surface area contributed by atoms with Crippen LogP contribution in [0.15, 0.2) is 0 Å². The van der Waals surface area contributed by atoms with E-state index < -0.39 is 5.97 Å². The average Bonchev–Trinajstić information content (AvgIpc) is 2.53. The summed E-state index contributed by atoms with van der Waals surface area (Å²) in [6, 6.07) is 0.219. The van der Waals surface area contributed by atoms with Crippen molar-refractivity contribution >= 4 is 11.8 Å². The summed E-state index contributed by atoms with van der Waals surface area (Å²) in [7, 11) is 2.09. The summed E-state index contributed by atoms with van der Waals surface area (Å²) in [6.45, 7) is 8.41. The Bertz CT molecular complexity index is 518. The molecule has 1 aliphatic rings. The number of nitrogens with zero attached hydrogens (tertiary/aromatic N) is 4. The number of hydrogen-bond donors (Lipinski definition) is 1. The van der Waals surface area contributed by atoms with Crippen LogP contribution < -0.4 is 4.90 Å². The molecule has 1 N–H and O–H groups in total. The number of hydrogen-bond acceptors (Lipinski definition) is 5. The first kappa shape index (κ1) is 14.7. The average molecular weight is 278 g/mol. The van der Waals surface area contributed by atoms with Crippen molar-refractivity contribution in [1.82, 2.24) is 15.1 Å². The summed E-state index contributed by atoms with van der Waals surface area (Å²) in [6.07, 6.45) is 0.995. The highest BCUT2D eigenvalue weighted by molar-refractivity contribution is 5.95. The lowest BCUT2D eigenvalue weighted by molar-refractivity contribution is 0.0696. The van der Waals surface area contributed by atoms with Crippen molar-refractivity contribution in [2.24, 2.45) is 0 Å². The summed E-state index contributed by atoms with van der Waals surface area (Å²) in [5, 5.41) is 17.8. The molecule has 6 heteroatoms. The molecule has 0 spiro atoms. The molecule has 1 aromatic rings. The number of aromatic nitrogens is 2. The number of aryl methyl sites for hydroxylation is 1. The van der Waals surface area contributed by atoms with Crippen LogP contribution in [0, 0.1) is 13.8 Å². The third-order valence-electron chi connectivity index (χ3n) is 3.97. The van der Waals surface area contributed by atoms with Gasteiger partial charge in [0.1, 0.15) is 5.56 Å². The Kier molecular flexibility index (Phi) is 4.23. The molecular formula is C14H22N4O2. The summed E-state index contributed by atoms with van der Waals surface area (Å²) in [5.74, 6) is -0.427. The van der Waals surface area contributed by atoms with E-state index in [1.807, 2.05) is 0 Å². The molecule has 1 fully saturated rings. The standard InChI is InChI=1S/C14H22N4O2/c1-9-8-17(4)6-5-7-18(9)13-12(14(19)20)10(2)11(3)15-16-13/h9H,5-8H2,1-4H3,(H,19,20). The molecule has 1 aliphatic heterocycles. The van der Waals surface area contributed by atoms with Crippen LogP contribution >= 0.6 is 0 Å². The smallest absolute Gasteiger partial charge is 0.339 e. The van der Waals surface area contributed by atoms with Gasteiger partial charge in [0.15, 0.2) is 5.82 Å². The van der Waals surface area contributed by atoms with Gasteiger partial charge >= 0.3 is 5.97 Å². The van der Waals surface area contributed by atoms with Crippen molar-refractivity contribution in [3.8, 4) is 0 Å². The minimum Gasteiger partial charge on any atom is -0.478 e. The first-order valence-corrected chi connectivity index (χ1v) is 6.94. The number of carboxylic acid groups (broad SMARTS) is 1. The first-order valence-electron chi connectivity index (χ1n) is 6.94. The van der Waals surface area contributed by atoms with E-state index in [1.165, 1.54) is 0 Å². The van der Waals surface area contributed by atoms with Gasteiger partial charge in [0, 0.05) is 19.1 Å². The van der Waals surface area contributed by atoms with Crippen LogP contribution in [0.3, 0.4) is 0 Å². The molecule has 1 aromatic heterocycles. The van der Waals surface area contributed by atoms with Crippen LogP contribution in [-0.4, -0.2) is 58.9 Å². The maximum atomic E-state index is 11.6. The maximum absolute atomic E-state index is 11.6. The van der Waals surface area contributed by atoms with Gasteiger partial charge in [-0.15, -0.1) is 5.10 Å². The Morgan fingerprint density at radius 1 is 1.30 bits per heavy atom. The molecule has 0 aromatic carbocycles. The Hall–Kier alpha value is -1.69. The van der Waals surface area contributed by atoms with Gasteiger partial charge < -0.3 is 14.9 Å². The molecule has 2 heterocycles.